The second-order valence-electron chi connectivity index (χ2n) is 4.12. The Morgan fingerprint density at radius 3 is 2.76 bits per heavy atom. The molecule has 2 rings (SSSR count). The van der Waals surface area contributed by atoms with Gasteiger partial charge in [0.2, 0.25) is 0 Å². The van der Waals surface area contributed by atoms with E-state index in [1.54, 1.807) is 0 Å². The summed E-state index contributed by atoms with van der Waals surface area (Å²) in [4.78, 5) is 12.2. The molecule has 0 bridgehead atoms. The summed E-state index contributed by atoms with van der Waals surface area (Å²) >= 11 is 12.1. The maximum atomic E-state index is 12.2. The number of tetrazole rings is 1. The summed E-state index contributed by atoms with van der Waals surface area (Å²) in [6.45, 7) is 2.47. The molecular weight excluding hydrogens is 315 g/mol. The highest BCUT2D eigenvalue weighted by molar-refractivity contribution is 6.36. The molecule has 0 aliphatic heterocycles. The van der Waals surface area contributed by atoms with Crippen molar-refractivity contribution in [2.45, 2.75) is 19.9 Å². The van der Waals surface area contributed by atoms with Crippen molar-refractivity contribution >= 4 is 23.2 Å². The molecule has 0 radical (unpaired) electrons. The van der Waals surface area contributed by atoms with E-state index >= 15 is 0 Å². The van der Waals surface area contributed by atoms with Gasteiger partial charge in [-0.3, -0.25) is 0 Å². The van der Waals surface area contributed by atoms with Crippen LogP contribution in [0.1, 0.15) is 13.3 Å². The van der Waals surface area contributed by atoms with Gasteiger partial charge in [0, 0.05) is 12.6 Å². The Hall–Kier alpha value is -1.97. The van der Waals surface area contributed by atoms with Crippen LogP contribution in [0.15, 0.2) is 16.9 Å². The van der Waals surface area contributed by atoms with E-state index in [1.807, 2.05) is 6.92 Å². The van der Waals surface area contributed by atoms with Gasteiger partial charge in [0.05, 0.1) is 15.7 Å². The van der Waals surface area contributed by atoms with E-state index in [9.17, 15) is 4.79 Å². The lowest BCUT2D eigenvalue weighted by molar-refractivity contribution is 0.370. The van der Waals surface area contributed by atoms with Crippen molar-refractivity contribution in [2.75, 3.05) is 6.61 Å². The van der Waals surface area contributed by atoms with Crippen molar-refractivity contribution in [3.8, 4) is 23.8 Å². The lowest BCUT2D eigenvalue weighted by atomic mass is 10.3. The van der Waals surface area contributed by atoms with Crippen LogP contribution < -0.4 is 10.4 Å². The van der Waals surface area contributed by atoms with Gasteiger partial charge in [0.15, 0.2) is 0 Å². The first kappa shape index (κ1) is 15.4. The molecule has 0 aliphatic carbocycles. The summed E-state index contributed by atoms with van der Waals surface area (Å²) in [5.74, 6) is 2.66. The number of ether oxygens (including phenoxy) is 1. The van der Waals surface area contributed by atoms with Gasteiger partial charge in [-0.05, 0) is 22.9 Å². The van der Waals surface area contributed by atoms with Crippen LogP contribution in [0.4, 0.5) is 0 Å². The van der Waals surface area contributed by atoms with E-state index in [4.69, 9.17) is 34.4 Å². The summed E-state index contributed by atoms with van der Waals surface area (Å²) in [5, 5.41) is 8.16. The van der Waals surface area contributed by atoms with Crippen LogP contribution in [-0.2, 0) is 6.54 Å². The fourth-order valence-electron chi connectivity index (χ4n) is 1.69. The molecule has 0 N–H and O–H groups in total. The average molecular weight is 327 g/mol. The molecule has 0 atom stereocenters. The number of rotatable bonds is 5. The molecule has 1 aromatic carbocycles. The second kappa shape index (κ2) is 6.66. The van der Waals surface area contributed by atoms with Crippen LogP contribution >= 0.6 is 23.2 Å². The Labute approximate surface area is 131 Å². The quantitative estimate of drug-likeness (QED) is 0.790. The Kier molecular flexibility index (Phi) is 4.89. The normalized spacial score (nSPS) is 10.4. The molecule has 0 saturated heterocycles. The Balaban J connectivity index is 2.49. The summed E-state index contributed by atoms with van der Waals surface area (Å²) in [7, 11) is 0. The monoisotopic (exact) mass is 326 g/mol. The zero-order valence-electron chi connectivity index (χ0n) is 11.2. The standard InChI is InChI=1S/C13H12Cl2N4O2/c1-3-5-18-13(20)19(17-16-18)11-8-12(21-6-4-2)10(15)7-9(11)14/h2,7-8H,3,5-6H2,1H3. The molecule has 0 saturated carbocycles. The van der Waals surface area contributed by atoms with Crippen molar-refractivity contribution < 1.29 is 4.74 Å². The molecule has 0 amide bonds. The summed E-state index contributed by atoms with van der Waals surface area (Å²) in [6, 6.07) is 2.98. The first-order chi connectivity index (χ1) is 10.1. The number of terminal acetylenes is 1. The molecule has 0 spiro atoms. The first-order valence-corrected chi connectivity index (χ1v) is 6.92. The zero-order chi connectivity index (χ0) is 15.4. The van der Waals surface area contributed by atoms with E-state index in [2.05, 4.69) is 16.3 Å². The smallest absolute Gasteiger partial charge is 0.368 e. The van der Waals surface area contributed by atoms with E-state index < -0.39 is 0 Å². The number of nitrogens with zero attached hydrogens (tertiary/aromatic N) is 4. The van der Waals surface area contributed by atoms with Gasteiger partial charge >= 0.3 is 5.69 Å². The average Bonchev–Trinajstić information content (AvgIpc) is 2.80. The van der Waals surface area contributed by atoms with Crippen LogP contribution in [0.25, 0.3) is 5.69 Å². The van der Waals surface area contributed by atoms with Gasteiger partial charge in [-0.15, -0.1) is 6.42 Å². The number of halogens is 2. The molecule has 1 aromatic heterocycles. The van der Waals surface area contributed by atoms with Gasteiger partial charge in [-0.2, -0.15) is 9.36 Å². The lowest BCUT2D eigenvalue weighted by Crippen LogP contribution is -2.24. The number of hydrogen-bond donors (Lipinski definition) is 0. The lowest BCUT2D eigenvalue weighted by Gasteiger charge is -2.08. The number of hydrogen-bond acceptors (Lipinski definition) is 4. The van der Waals surface area contributed by atoms with Gasteiger partial charge < -0.3 is 4.74 Å². The molecular formula is C13H12Cl2N4O2. The molecule has 2 aromatic rings. The van der Waals surface area contributed by atoms with Gasteiger partial charge in [-0.25, -0.2) is 4.79 Å². The minimum Gasteiger partial charge on any atom is -0.479 e. The maximum absolute atomic E-state index is 12.2. The summed E-state index contributed by atoms with van der Waals surface area (Å²) in [5.41, 5.74) is -0.0515. The van der Waals surface area contributed by atoms with Crippen LogP contribution in [0.2, 0.25) is 10.0 Å². The minimum absolute atomic E-state index is 0.0538. The number of aromatic nitrogens is 4. The fourth-order valence-corrected chi connectivity index (χ4v) is 2.21. The highest BCUT2D eigenvalue weighted by Gasteiger charge is 2.15. The van der Waals surface area contributed by atoms with E-state index in [0.29, 0.717) is 23.0 Å². The third kappa shape index (κ3) is 3.20. The molecule has 0 unspecified atom stereocenters. The van der Waals surface area contributed by atoms with Crippen LogP contribution in [0.3, 0.4) is 0 Å². The van der Waals surface area contributed by atoms with Gasteiger partial charge in [-0.1, -0.05) is 36.0 Å². The number of aryl methyl sites for hydroxylation is 1. The van der Waals surface area contributed by atoms with E-state index in [1.165, 1.54) is 16.8 Å². The molecule has 8 heteroatoms. The van der Waals surface area contributed by atoms with Crippen LogP contribution in [-0.4, -0.2) is 26.4 Å². The van der Waals surface area contributed by atoms with Gasteiger partial charge in [0.25, 0.3) is 0 Å². The van der Waals surface area contributed by atoms with Crippen molar-refractivity contribution in [2.24, 2.45) is 0 Å². The van der Waals surface area contributed by atoms with E-state index in [0.717, 1.165) is 11.1 Å². The second-order valence-corrected chi connectivity index (χ2v) is 4.94. The van der Waals surface area contributed by atoms with Crippen molar-refractivity contribution in [1.82, 2.24) is 19.8 Å². The maximum Gasteiger partial charge on any atom is 0.368 e. The fraction of sp³-hybridized carbons (Fsp3) is 0.308. The SMILES string of the molecule is C#CCOc1cc(-n2nnn(CCC)c2=O)c(Cl)cc1Cl. The Morgan fingerprint density at radius 2 is 2.10 bits per heavy atom. The van der Waals surface area contributed by atoms with Crippen LogP contribution in [0, 0.1) is 12.3 Å². The molecule has 0 aliphatic rings. The Bertz CT molecular complexity index is 746. The third-order valence-corrected chi connectivity index (χ3v) is 3.21. The number of benzene rings is 1. The largest absolute Gasteiger partial charge is 0.479 e. The molecule has 0 fully saturated rings. The molecule has 1 heterocycles. The molecule has 6 nitrogen and oxygen atoms in total. The minimum atomic E-state index is -0.385. The highest BCUT2D eigenvalue weighted by Crippen LogP contribution is 2.32. The predicted octanol–water partition coefficient (Wildman–Crippen LogP) is 2.16. The zero-order valence-corrected chi connectivity index (χ0v) is 12.7. The van der Waals surface area contributed by atoms with Gasteiger partial charge in [0.1, 0.15) is 12.4 Å². The first-order valence-electron chi connectivity index (χ1n) is 6.17. The third-order valence-electron chi connectivity index (χ3n) is 2.62. The molecule has 110 valence electrons. The van der Waals surface area contributed by atoms with Crippen molar-refractivity contribution in [3.05, 3.63) is 32.7 Å². The van der Waals surface area contributed by atoms with Crippen molar-refractivity contribution in [1.29, 1.82) is 0 Å². The topological polar surface area (TPSA) is 61.9 Å². The molecule has 21 heavy (non-hydrogen) atoms. The highest BCUT2D eigenvalue weighted by atomic mass is 35.5. The predicted molar refractivity (Wildman–Crippen MR) is 80.3 cm³/mol. The van der Waals surface area contributed by atoms with Crippen LogP contribution in [0.5, 0.6) is 5.75 Å². The Morgan fingerprint density at radius 1 is 1.33 bits per heavy atom. The van der Waals surface area contributed by atoms with Crippen molar-refractivity contribution in [3.63, 3.8) is 0 Å². The summed E-state index contributed by atoms with van der Waals surface area (Å²) < 4.78 is 7.65. The van der Waals surface area contributed by atoms with E-state index in [-0.39, 0.29) is 17.3 Å². The summed E-state index contributed by atoms with van der Waals surface area (Å²) in [6.07, 6.45) is 5.91.